The Hall–Kier alpha value is -3.98. The van der Waals surface area contributed by atoms with Gasteiger partial charge in [0, 0.05) is 46.6 Å². The topological polar surface area (TPSA) is 87.2 Å². The Balaban J connectivity index is 1.51. The molecule has 0 aliphatic carbocycles. The van der Waals surface area contributed by atoms with Crippen molar-refractivity contribution in [3.8, 4) is 16.9 Å². The van der Waals surface area contributed by atoms with Crippen molar-refractivity contribution >= 4 is 34.1 Å². The van der Waals surface area contributed by atoms with Crippen molar-refractivity contribution in [1.29, 1.82) is 0 Å². The summed E-state index contributed by atoms with van der Waals surface area (Å²) >= 11 is 6.42. The van der Waals surface area contributed by atoms with E-state index in [9.17, 15) is 9.59 Å². The van der Waals surface area contributed by atoms with Gasteiger partial charge in [-0.3, -0.25) is 14.5 Å². The molecule has 1 amide bonds. The summed E-state index contributed by atoms with van der Waals surface area (Å²) in [5.74, 6) is 0.518. The largest absolute Gasteiger partial charge is 0.496 e. The zero-order valence-electron chi connectivity index (χ0n) is 22.1. The van der Waals surface area contributed by atoms with Crippen LogP contribution in [0.2, 0.25) is 5.02 Å². The van der Waals surface area contributed by atoms with Gasteiger partial charge in [0.05, 0.1) is 44.2 Å². The summed E-state index contributed by atoms with van der Waals surface area (Å²) in [6.45, 7) is 2.75. The zero-order valence-corrected chi connectivity index (χ0v) is 22.9. The van der Waals surface area contributed by atoms with E-state index < -0.39 is 6.04 Å². The number of aromatic nitrogens is 1. The number of benzene rings is 3. The van der Waals surface area contributed by atoms with Crippen molar-refractivity contribution in [1.82, 2.24) is 14.9 Å². The highest BCUT2D eigenvalue weighted by atomic mass is 35.5. The third-order valence-electron chi connectivity index (χ3n) is 7.45. The summed E-state index contributed by atoms with van der Waals surface area (Å²) in [7, 11) is 1.61. The fourth-order valence-corrected chi connectivity index (χ4v) is 5.72. The molecule has 40 heavy (non-hydrogen) atoms. The molecular weight excluding hydrogens is 528 g/mol. The number of nitrogens with zero attached hydrogens (tertiary/aromatic N) is 3. The molecule has 1 atom stereocenters. The van der Waals surface area contributed by atoms with Gasteiger partial charge in [-0.1, -0.05) is 60.1 Å². The molecule has 0 saturated carbocycles. The standard InChI is InChI=1S/C31H29ClN4O4/c1-39-27-10-6-5-9-22(27)26-18-25(34-36(26)28(37)19-35-13-15-40-16-14-35)30-29(20-7-3-2-4-8-20)23-17-21(32)11-12-24(23)33-31(30)38/h2-12,17,26H,13-16,18-19H2,1H3,(H,33,38)/t26-/m1/s1. The SMILES string of the molecule is COc1ccccc1[C@H]1CC(c2c(-c3ccccc3)c3cc(Cl)ccc3[nH]c2=O)=NN1C(=O)CN1CCOCC1. The van der Waals surface area contributed by atoms with Gasteiger partial charge in [-0.25, -0.2) is 5.01 Å². The maximum Gasteiger partial charge on any atom is 0.258 e. The fraction of sp³-hybridized carbons (Fsp3) is 0.258. The molecule has 3 aromatic carbocycles. The number of hydrogen-bond donors (Lipinski definition) is 1. The number of H-pyrrole nitrogens is 1. The number of morpholine rings is 1. The van der Waals surface area contributed by atoms with Crippen LogP contribution in [0.1, 0.15) is 23.6 Å². The van der Waals surface area contributed by atoms with Gasteiger partial charge in [0.2, 0.25) is 0 Å². The quantitative estimate of drug-likeness (QED) is 0.366. The van der Waals surface area contributed by atoms with Gasteiger partial charge in [0.15, 0.2) is 0 Å². The lowest BCUT2D eigenvalue weighted by Crippen LogP contribution is -2.43. The average Bonchev–Trinajstić information content (AvgIpc) is 3.42. The number of methoxy groups -OCH3 is 1. The second kappa shape index (κ2) is 11.3. The Bertz CT molecular complexity index is 1650. The molecule has 0 spiro atoms. The van der Waals surface area contributed by atoms with Crippen LogP contribution < -0.4 is 10.3 Å². The maximum absolute atomic E-state index is 13.8. The zero-order chi connectivity index (χ0) is 27.6. The van der Waals surface area contributed by atoms with Gasteiger partial charge in [0.1, 0.15) is 5.75 Å². The van der Waals surface area contributed by atoms with Crippen molar-refractivity contribution in [2.75, 3.05) is 40.0 Å². The van der Waals surface area contributed by atoms with Crippen molar-refractivity contribution in [3.63, 3.8) is 0 Å². The van der Waals surface area contributed by atoms with E-state index in [1.807, 2.05) is 66.7 Å². The van der Waals surface area contributed by atoms with Gasteiger partial charge < -0.3 is 14.5 Å². The van der Waals surface area contributed by atoms with Gasteiger partial charge in [-0.05, 0) is 29.8 Å². The van der Waals surface area contributed by atoms with Crippen LogP contribution in [0, 0.1) is 0 Å². The summed E-state index contributed by atoms with van der Waals surface area (Å²) < 4.78 is 11.1. The van der Waals surface area contributed by atoms with Gasteiger partial charge >= 0.3 is 0 Å². The smallest absolute Gasteiger partial charge is 0.258 e. The molecule has 1 fully saturated rings. The van der Waals surface area contributed by atoms with Crippen LogP contribution in [0.5, 0.6) is 5.75 Å². The van der Waals surface area contributed by atoms with E-state index in [-0.39, 0.29) is 18.0 Å². The molecule has 1 saturated heterocycles. The third-order valence-corrected chi connectivity index (χ3v) is 7.69. The highest BCUT2D eigenvalue weighted by Crippen LogP contribution is 2.40. The van der Waals surface area contributed by atoms with Crippen molar-refractivity contribution in [3.05, 3.63) is 99.3 Å². The second-order valence-corrected chi connectivity index (χ2v) is 10.3. The van der Waals surface area contributed by atoms with E-state index in [4.69, 9.17) is 26.2 Å². The predicted octanol–water partition coefficient (Wildman–Crippen LogP) is 4.87. The van der Waals surface area contributed by atoms with E-state index in [1.54, 1.807) is 13.2 Å². The van der Waals surface area contributed by atoms with Crippen LogP contribution in [-0.4, -0.2) is 66.5 Å². The first-order valence-corrected chi connectivity index (χ1v) is 13.6. The molecule has 0 bridgehead atoms. The van der Waals surface area contributed by atoms with Crippen molar-refractivity contribution in [2.24, 2.45) is 5.10 Å². The number of rotatable bonds is 6. The Labute approximate surface area is 236 Å². The summed E-state index contributed by atoms with van der Waals surface area (Å²) in [6, 6.07) is 22.3. The van der Waals surface area contributed by atoms with E-state index in [0.717, 1.165) is 22.1 Å². The number of carbonyl (C=O) groups is 1. The summed E-state index contributed by atoms with van der Waals surface area (Å²) in [5.41, 5.74) is 3.81. The third kappa shape index (κ3) is 5.01. The fourth-order valence-electron chi connectivity index (χ4n) is 5.54. The first kappa shape index (κ1) is 26.3. The Morgan fingerprint density at radius 2 is 1.80 bits per heavy atom. The average molecular weight is 557 g/mol. The van der Waals surface area contributed by atoms with E-state index >= 15 is 0 Å². The van der Waals surface area contributed by atoms with Crippen LogP contribution in [0.4, 0.5) is 0 Å². The lowest BCUT2D eigenvalue weighted by Gasteiger charge is -2.29. The predicted molar refractivity (Wildman–Crippen MR) is 156 cm³/mol. The Morgan fingerprint density at radius 1 is 1.05 bits per heavy atom. The lowest BCUT2D eigenvalue weighted by atomic mass is 9.91. The molecule has 1 N–H and O–H groups in total. The maximum atomic E-state index is 13.8. The molecule has 0 unspecified atom stereocenters. The minimum atomic E-state index is -0.433. The van der Waals surface area contributed by atoms with E-state index in [0.29, 0.717) is 60.3 Å². The molecule has 4 aromatic rings. The molecule has 9 heteroatoms. The number of halogens is 1. The minimum absolute atomic E-state index is 0.144. The number of para-hydroxylation sites is 1. The lowest BCUT2D eigenvalue weighted by molar-refractivity contribution is -0.135. The summed E-state index contributed by atoms with van der Waals surface area (Å²) in [5, 5.41) is 7.76. The number of ether oxygens (including phenoxy) is 2. The highest BCUT2D eigenvalue weighted by Gasteiger charge is 2.37. The molecule has 2 aliphatic rings. The van der Waals surface area contributed by atoms with Crippen LogP contribution in [0.25, 0.3) is 22.0 Å². The molecule has 6 rings (SSSR count). The van der Waals surface area contributed by atoms with Gasteiger partial charge in [-0.2, -0.15) is 5.10 Å². The number of pyridine rings is 1. The van der Waals surface area contributed by atoms with E-state index in [1.165, 1.54) is 5.01 Å². The van der Waals surface area contributed by atoms with Gasteiger partial charge in [0.25, 0.3) is 11.5 Å². The van der Waals surface area contributed by atoms with Crippen LogP contribution in [0.3, 0.4) is 0 Å². The number of nitrogens with one attached hydrogen (secondary N) is 1. The number of aromatic amines is 1. The monoisotopic (exact) mass is 556 g/mol. The molecular formula is C31H29ClN4O4. The van der Waals surface area contributed by atoms with E-state index in [2.05, 4.69) is 9.88 Å². The van der Waals surface area contributed by atoms with Crippen molar-refractivity contribution < 1.29 is 14.3 Å². The Morgan fingerprint density at radius 3 is 2.58 bits per heavy atom. The highest BCUT2D eigenvalue weighted by molar-refractivity contribution is 6.31. The van der Waals surface area contributed by atoms with Crippen LogP contribution >= 0.6 is 11.6 Å². The molecule has 1 aromatic heterocycles. The first-order chi connectivity index (χ1) is 19.5. The van der Waals surface area contributed by atoms with Crippen LogP contribution in [0.15, 0.2) is 82.7 Å². The van der Waals surface area contributed by atoms with Gasteiger partial charge in [-0.15, -0.1) is 0 Å². The summed E-state index contributed by atoms with van der Waals surface area (Å²) in [4.78, 5) is 32.6. The Kier molecular flexibility index (Phi) is 7.38. The number of carbonyl (C=O) groups excluding carboxylic acids is 1. The second-order valence-electron chi connectivity index (χ2n) is 9.90. The van der Waals surface area contributed by atoms with Crippen LogP contribution in [-0.2, 0) is 9.53 Å². The molecule has 3 heterocycles. The minimum Gasteiger partial charge on any atom is -0.496 e. The van der Waals surface area contributed by atoms with Crippen molar-refractivity contribution in [2.45, 2.75) is 12.5 Å². The molecule has 0 radical (unpaired) electrons. The number of hydrogen-bond acceptors (Lipinski definition) is 6. The first-order valence-electron chi connectivity index (χ1n) is 13.3. The number of hydrazone groups is 1. The molecule has 2 aliphatic heterocycles. The molecule has 8 nitrogen and oxygen atoms in total. The number of amides is 1. The normalized spacial score (nSPS) is 17.7. The summed E-state index contributed by atoms with van der Waals surface area (Å²) in [6.07, 6.45) is 0.351. The number of fused-ring (bicyclic) bond motifs is 1. The molecule has 204 valence electrons.